The van der Waals surface area contributed by atoms with E-state index in [1.54, 1.807) is 22.9 Å². The van der Waals surface area contributed by atoms with Crippen LogP contribution in [0.1, 0.15) is 40.7 Å². The number of aromatic nitrogens is 2. The number of amides is 1. The summed E-state index contributed by atoms with van der Waals surface area (Å²) in [4.78, 5) is 25.8. The number of carbonyl (C=O) groups excluding carboxylic acids is 2. The van der Waals surface area contributed by atoms with Gasteiger partial charge in [-0.05, 0) is 60.9 Å². The molecule has 0 radical (unpaired) electrons. The van der Waals surface area contributed by atoms with Crippen molar-refractivity contribution in [2.24, 2.45) is 0 Å². The van der Waals surface area contributed by atoms with Crippen LogP contribution in [0.25, 0.3) is 15.9 Å². The number of anilines is 1. The van der Waals surface area contributed by atoms with Gasteiger partial charge in [-0.25, -0.2) is 13.9 Å². The van der Waals surface area contributed by atoms with Crippen LogP contribution in [0.3, 0.4) is 0 Å². The molecule has 8 heteroatoms. The molecule has 2 aromatic carbocycles. The number of halogens is 1. The summed E-state index contributed by atoms with van der Waals surface area (Å²) in [5.74, 6) is -0.925. The lowest BCUT2D eigenvalue weighted by Crippen LogP contribution is -2.20. The first kappa shape index (κ1) is 21.7. The number of hydrogen-bond donors (Lipinski definition) is 1. The van der Waals surface area contributed by atoms with Gasteiger partial charge in [-0.15, -0.1) is 11.3 Å². The van der Waals surface area contributed by atoms with Crippen molar-refractivity contribution in [1.29, 1.82) is 0 Å². The van der Waals surface area contributed by atoms with E-state index in [1.807, 2.05) is 31.2 Å². The normalized spacial score (nSPS) is 11.2. The Morgan fingerprint density at radius 1 is 1.12 bits per heavy atom. The molecule has 0 aliphatic carbocycles. The molecule has 0 aliphatic heterocycles. The Kier molecular flexibility index (Phi) is 6.05. The van der Waals surface area contributed by atoms with Crippen molar-refractivity contribution in [3.63, 3.8) is 0 Å². The number of aryl methyl sites for hydroxylation is 1. The minimum absolute atomic E-state index is 0.335. The molecule has 0 spiro atoms. The molecule has 4 rings (SSSR count). The second-order valence-corrected chi connectivity index (χ2v) is 8.73. The Labute approximate surface area is 188 Å². The van der Waals surface area contributed by atoms with E-state index >= 15 is 0 Å². The lowest BCUT2D eigenvalue weighted by molar-refractivity contribution is -0.119. The first-order valence-electron chi connectivity index (χ1n) is 10.1. The molecule has 1 N–H and O–H groups in total. The van der Waals surface area contributed by atoms with Gasteiger partial charge >= 0.3 is 5.97 Å². The van der Waals surface area contributed by atoms with Crippen LogP contribution < -0.4 is 5.32 Å². The maximum atomic E-state index is 13.2. The molecule has 0 aliphatic rings. The molecule has 0 fully saturated rings. The second-order valence-electron chi connectivity index (χ2n) is 7.70. The van der Waals surface area contributed by atoms with Gasteiger partial charge in [0, 0.05) is 11.1 Å². The predicted molar refractivity (Wildman–Crippen MR) is 123 cm³/mol. The maximum absolute atomic E-state index is 13.2. The van der Waals surface area contributed by atoms with Crippen LogP contribution in [-0.2, 0) is 9.53 Å². The Bertz CT molecular complexity index is 1270. The number of rotatable bonds is 6. The van der Waals surface area contributed by atoms with Gasteiger partial charge in [-0.3, -0.25) is 4.79 Å². The highest BCUT2D eigenvalue weighted by atomic mass is 32.1. The van der Waals surface area contributed by atoms with Gasteiger partial charge < -0.3 is 10.1 Å². The van der Waals surface area contributed by atoms with Crippen molar-refractivity contribution < 1.29 is 18.7 Å². The van der Waals surface area contributed by atoms with E-state index in [0.717, 1.165) is 15.9 Å². The van der Waals surface area contributed by atoms with Crippen LogP contribution >= 0.6 is 11.3 Å². The SMILES string of the molecule is Cc1nn(-c2ccc(F)cc2)c2sc(C(=O)OCC(=O)Nc3ccc(C(C)C)cc3)cc12. The number of thiophene rings is 1. The van der Waals surface area contributed by atoms with Gasteiger partial charge in [-0.1, -0.05) is 26.0 Å². The monoisotopic (exact) mass is 451 g/mol. The molecule has 6 nitrogen and oxygen atoms in total. The highest BCUT2D eigenvalue weighted by Gasteiger charge is 2.19. The molecule has 2 aromatic heterocycles. The Balaban J connectivity index is 1.43. The number of nitrogens with one attached hydrogen (secondary N) is 1. The Morgan fingerprint density at radius 2 is 1.81 bits per heavy atom. The van der Waals surface area contributed by atoms with Crippen LogP contribution in [0.4, 0.5) is 10.1 Å². The average molecular weight is 452 g/mol. The average Bonchev–Trinajstić information content (AvgIpc) is 3.34. The van der Waals surface area contributed by atoms with Crippen LogP contribution in [0.15, 0.2) is 54.6 Å². The van der Waals surface area contributed by atoms with Crippen molar-refractivity contribution in [2.75, 3.05) is 11.9 Å². The molecule has 4 aromatic rings. The smallest absolute Gasteiger partial charge is 0.348 e. The first-order valence-corrected chi connectivity index (χ1v) is 11.0. The summed E-state index contributed by atoms with van der Waals surface area (Å²) in [7, 11) is 0. The Hall–Kier alpha value is -3.52. The fourth-order valence-corrected chi connectivity index (χ4v) is 4.33. The zero-order valence-corrected chi connectivity index (χ0v) is 18.7. The van der Waals surface area contributed by atoms with Gasteiger partial charge in [0.05, 0.1) is 11.4 Å². The van der Waals surface area contributed by atoms with Gasteiger partial charge in [0.15, 0.2) is 6.61 Å². The summed E-state index contributed by atoms with van der Waals surface area (Å²) in [5, 5.41) is 8.01. The molecule has 2 heterocycles. The zero-order chi connectivity index (χ0) is 22.8. The summed E-state index contributed by atoms with van der Waals surface area (Å²) in [5.41, 5.74) is 3.25. The number of fused-ring (bicyclic) bond motifs is 1. The van der Waals surface area contributed by atoms with E-state index in [0.29, 0.717) is 22.2 Å². The number of hydrogen-bond acceptors (Lipinski definition) is 5. The summed E-state index contributed by atoms with van der Waals surface area (Å²) in [6.07, 6.45) is 0. The van der Waals surface area contributed by atoms with E-state index in [2.05, 4.69) is 24.3 Å². The fraction of sp³-hybridized carbons (Fsp3) is 0.208. The fourth-order valence-electron chi connectivity index (χ4n) is 3.26. The third-order valence-corrected chi connectivity index (χ3v) is 6.10. The zero-order valence-electron chi connectivity index (χ0n) is 17.9. The van der Waals surface area contributed by atoms with Crippen molar-refractivity contribution in [3.05, 3.63) is 76.5 Å². The molecule has 32 heavy (non-hydrogen) atoms. The largest absolute Gasteiger partial charge is 0.451 e. The van der Waals surface area contributed by atoms with Crippen molar-refractivity contribution >= 4 is 39.1 Å². The van der Waals surface area contributed by atoms with Gasteiger partial charge in [0.1, 0.15) is 15.5 Å². The molecule has 0 atom stereocenters. The van der Waals surface area contributed by atoms with E-state index < -0.39 is 11.9 Å². The van der Waals surface area contributed by atoms with Gasteiger partial charge in [0.2, 0.25) is 0 Å². The van der Waals surface area contributed by atoms with E-state index in [1.165, 1.54) is 29.0 Å². The number of esters is 1. The van der Waals surface area contributed by atoms with Gasteiger partial charge in [-0.2, -0.15) is 5.10 Å². The predicted octanol–water partition coefficient (Wildman–Crippen LogP) is 5.45. The Morgan fingerprint density at radius 3 is 2.47 bits per heavy atom. The summed E-state index contributed by atoms with van der Waals surface area (Å²) < 4.78 is 20.1. The number of benzene rings is 2. The van der Waals surface area contributed by atoms with E-state index in [9.17, 15) is 14.0 Å². The minimum Gasteiger partial charge on any atom is -0.451 e. The first-order chi connectivity index (χ1) is 15.3. The maximum Gasteiger partial charge on any atom is 0.348 e. The van der Waals surface area contributed by atoms with Crippen molar-refractivity contribution in [1.82, 2.24) is 9.78 Å². The minimum atomic E-state index is -0.582. The highest BCUT2D eigenvalue weighted by molar-refractivity contribution is 7.20. The molecule has 0 unspecified atom stereocenters. The van der Waals surface area contributed by atoms with E-state index in [4.69, 9.17) is 4.74 Å². The molecular formula is C24H22FN3O3S. The summed E-state index contributed by atoms with van der Waals surface area (Å²) in [6.45, 7) is 5.64. The number of ether oxygens (including phenoxy) is 1. The van der Waals surface area contributed by atoms with Gasteiger partial charge in [0.25, 0.3) is 5.91 Å². The molecule has 0 saturated heterocycles. The van der Waals surface area contributed by atoms with Crippen LogP contribution in [0, 0.1) is 12.7 Å². The van der Waals surface area contributed by atoms with Crippen LogP contribution in [0.5, 0.6) is 0 Å². The van der Waals surface area contributed by atoms with Crippen LogP contribution in [0.2, 0.25) is 0 Å². The summed E-state index contributed by atoms with van der Waals surface area (Å²) >= 11 is 1.21. The van der Waals surface area contributed by atoms with E-state index in [-0.39, 0.29) is 12.4 Å². The quantitative estimate of drug-likeness (QED) is 0.396. The molecule has 0 saturated carbocycles. The van der Waals surface area contributed by atoms with Crippen LogP contribution in [-0.4, -0.2) is 28.3 Å². The summed E-state index contributed by atoms with van der Waals surface area (Å²) in [6, 6.07) is 15.2. The third kappa shape index (κ3) is 4.55. The number of carbonyl (C=O) groups is 2. The van der Waals surface area contributed by atoms with Crippen molar-refractivity contribution in [3.8, 4) is 5.69 Å². The standard InChI is InChI=1S/C24H22FN3O3S/c1-14(2)16-4-8-18(9-5-16)26-22(29)13-31-24(30)21-12-20-15(3)27-28(23(20)32-21)19-10-6-17(25)7-11-19/h4-12,14H,13H2,1-3H3,(H,26,29). The van der Waals surface area contributed by atoms with Crippen molar-refractivity contribution in [2.45, 2.75) is 26.7 Å². The third-order valence-electron chi connectivity index (χ3n) is 5.01. The molecule has 1 amide bonds. The topological polar surface area (TPSA) is 73.2 Å². The number of nitrogens with zero attached hydrogens (tertiary/aromatic N) is 2. The second kappa shape index (κ2) is 8.92. The highest BCUT2D eigenvalue weighted by Crippen LogP contribution is 2.31. The lowest BCUT2D eigenvalue weighted by atomic mass is 10.0. The molecule has 0 bridgehead atoms. The lowest BCUT2D eigenvalue weighted by Gasteiger charge is -2.08. The molecule has 164 valence electrons. The molecular weight excluding hydrogens is 429 g/mol.